The van der Waals surface area contributed by atoms with E-state index in [0.717, 1.165) is 0 Å². The SMILES string of the molecule is COC(OC)C(C)NC(C)=O. The van der Waals surface area contributed by atoms with E-state index in [2.05, 4.69) is 5.32 Å². The van der Waals surface area contributed by atoms with Crippen LogP contribution in [0.15, 0.2) is 0 Å². The van der Waals surface area contributed by atoms with Gasteiger partial charge in [-0.25, -0.2) is 0 Å². The van der Waals surface area contributed by atoms with Gasteiger partial charge in [0.15, 0.2) is 6.29 Å². The molecule has 1 N–H and O–H groups in total. The van der Waals surface area contributed by atoms with Gasteiger partial charge in [0.05, 0.1) is 6.04 Å². The van der Waals surface area contributed by atoms with Crippen molar-refractivity contribution in [1.82, 2.24) is 5.32 Å². The van der Waals surface area contributed by atoms with Crippen molar-refractivity contribution in [3.63, 3.8) is 0 Å². The minimum Gasteiger partial charge on any atom is -0.354 e. The Kier molecular flexibility index (Phi) is 4.81. The van der Waals surface area contributed by atoms with E-state index >= 15 is 0 Å². The molecule has 1 amide bonds. The molecule has 0 aromatic rings. The van der Waals surface area contributed by atoms with Crippen LogP contribution in [0.3, 0.4) is 0 Å². The fourth-order valence-corrected chi connectivity index (χ4v) is 0.893. The number of amides is 1. The van der Waals surface area contributed by atoms with Crippen molar-refractivity contribution in [2.75, 3.05) is 14.2 Å². The molecule has 4 heteroatoms. The van der Waals surface area contributed by atoms with Crippen LogP contribution < -0.4 is 5.32 Å². The summed E-state index contributed by atoms with van der Waals surface area (Å²) in [6, 6.07) is -0.123. The Labute approximate surface area is 66.9 Å². The average molecular weight is 161 g/mol. The van der Waals surface area contributed by atoms with Crippen molar-refractivity contribution < 1.29 is 14.3 Å². The molecule has 0 radical (unpaired) electrons. The maximum atomic E-state index is 10.6. The zero-order chi connectivity index (χ0) is 8.85. The molecule has 0 spiro atoms. The summed E-state index contributed by atoms with van der Waals surface area (Å²) in [6.45, 7) is 3.28. The second kappa shape index (κ2) is 5.09. The predicted molar refractivity (Wildman–Crippen MR) is 41.1 cm³/mol. The molecule has 1 atom stereocenters. The Morgan fingerprint density at radius 3 is 2.09 bits per heavy atom. The molecule has 0 saturated carbocycles. The summed E-state index contributed by atoms with van der Waals surface area (Å²) in [5.41, 5.74) is 0. The maximum Gasteiger partial charge on any atom is 0.217 e. The standard InChI is InChI=1S/C7H15NO3/c1-5(8-6(2)9)7(10-3)11-4/h5,7H,1-4H3,(H,8,9). The predicted octanol–water partition coefficient (Wildman–Crippen LogP) is 0.130. The number of methoxy groups -OCH3 is 2. The summed E-state index contributed by atoms with van der Waals surface area (Å²) < 4.78 is 9.85. The van der Waals surface area contributed by atoms with Crippen LogP contribution in [0.5, 0.6) is 0 Å². The molecular formula is C7H15NO3. The summed E-state index contributed by atoms with van der Waals surface area (Å²) in [5.74, 6) is -0.0865. The molecule has 0 bridgehead atoms. The van der Waals surface area contributed by atoms with Gasteiger partial charge in [-0.2, -0.15) is 0 Å². The third kappa shape index (κ3) is 3.95. The van der Waals surface area contributed by atoms with Crippen molar-refractivity contribution in [2.24, 2.45) is 0 Å². The van der Waals surface area contributed by atoms with Crippen molar-refractivity contribution in [3.8, 4) is 0 Å². The van der Waals surface area contributed by atoms with Crippen LogP contribution in [0, 0.1) is 0 Å². The molecule has 0 aliphatic rings. The maximum absolute atomic E-state index is 10.6. The minimum atomic E-state index is -0.376. The smallest absolute Gasteiger partial charge is 0.217 e. The molecular weight excluding hydrogens is 146 g/mol. The summed E-state index contributed by atoms with van der Waals surface area (Å²) >= 11 is 0. The fraction of sp³-hybridized carbons (Fsp3) is 0.857. The third-order valence-corrected chi connectivity index (χ3v) is 1.30. The van der Waals surface area contributed by atoms with Crippen LogP contribution in [0.1, 0.15) is 13.8 Å². The van der Waals surface area contributed by atoms with Crippen molar-refractivity contribution in [2.45, 2.75) is 26.2 Å². The van der Waals surface area contributed by atoms with Crippen LogP contribution in [0.4, 0.5) is 0 Å². The first-order valence-corrected chi connectivity index (χ1v) is 3.44. The molecule has 0 heterocycles. The number of nitrogens with one attached hydrogen (secondary N) is 1. The number of ether oxygens (including phenoxy) is 2. The van der Waals surface area contributed by atoms with Crippen LogP contribution >= 0.6 is 0 Å². The Bertz CT molecular complexity index is 123. The van der Waals surface area contributed by atoms with Gasteiger partial charge in [-0.15, -0.1) is 0 Å². The lowest BCUT2D eigenvalue weighted by atomic mass is 10.3. The number of hydrogen-bond donors (Lipinski definition) is 1. The van der Waals surface area contributed by atoms with Crippen molar-refractivity contribution in [3.05, 3.63) is 0 Å². The van der Waals surface area contributed by atoms with Gasteiger partial charge in [0.1, 0.15) is 0 Å². The molecule has 0 aromatic carbocycles. The van der Waals surface area contributed by atoms with Gasteiger partial charge in [-0.3, -0.25) is 4.79 Å². The quantitative estimate of drug-likeness (QED) is 0.596. The van der Waals surface area contributed by atoms with Gasteiger partial charge in [0.2, 0.25) is 5.91 Å². The summed E-state index contributed by atoms with van der Waals surface area (Å²) in [4.78, 5) is 10.6. The van der Waals surface area contributed by atoms with E-state index in [1.54, 1.807) is 0 Å². The molecule has 0 rings (SSSR count). The Hall–Kier alpha value is -0.610. The second-order valence-electron chi connectivity index (χ2n) is 2.33. The van der Waals surface area contributed by atoms with E-state index in [1.807, 2.05) is 6.92 Å². The molecule has 0 aliphatic heterocycles. The lowest BCUT2D eigenvalue weighted by Crippen LogP contribution is -2.41. The van der Waals surface area contributed by atoms with E-state index in [-0.39, 0.29) is 18.2 Å². The largest absolute Gasteiger partial charge is 0.354 e. The molecule has 0 fully saturated rings. The topological polar surface area (TPSA) is 47.6 Å². The first-order valence-electron chi connectivity index (χ1n) is 3.44. The first kappa shape index (κ1) is 10.4. The van der Waals surface area contributed by atoms with Crippen LogP contribution in [-0.4, -0.2) is 32.5 Å². The highest BCUT2D eigenvalue weighted by atomic mass is 16.7. The molecule has 0 aromatic heterocycles. The van der Waals surface area contributed by atoms with E-state index in [9.17, 15) is 4.79 Å². The van der Waals surface area contributed by atoms with Gasteiger partial charge in [-0.1, -0.05) is 0 Å². The van der Waals surface area contributed by atoms with Crippen molar-refractivity contribution >= 4 is 5.91 Å². The summed E-state index contributed by atoms with van der Waals surface area (Å²) in [5, 5.41) is 2.66. The summed E-state index contributed by atoms with van der Waals surface area (Å²) in [6.07, 6.45) is -0.376. The average Bonchev–Trinajstić information content (AvgIpc) is 1.88. The number of carbonyl (C=O) groups is 1. The lowest BCUT2D eigenvalue weighted by molar-refractivity contribution is -0.134. The highest BCUT2D eigenvalue weighted by Gasteiger charge is 2.15. The van der Waals surface area contributed by atoms with Gasteiger partial charge < -0.3 is 14.8 Å². The zero-order valence-corrected chi connectivity index (χ0v) is 7.38. The van der Waals surface area contributed by atoms with Gasteiger partial charge in [0, 0.05) is 21.1 Å². The molecule has 1 unspecified atom stereocenters. The van der Waals surface area contributed by atoms with E-state index < -0.39 is 0 Å². The Morgan fingerprint density at radius 2 is 1.82 bits per heavy atom. The number of hydrogen-bond acceptors (Lipinski definition) is 3. The zero-order valence-electron chi connectivity index (χ0n) is 7.38. The van der Waals surface area contributed by atoms with Crippen molar-refractivity contribution in [1.29, 1.82) is 0 Å². The van der Waals surface area contributed by atoms with E-state index in [4.69, 9.17) is 9.47 Å². The van der Waals surface area contributed by atoms with Gasteiger partial charge in [-0.05, 0) is 6.92 Å². The Morgan fingerprint density at radius 1 is 1.36 bits per heavy atom. The van der Waals surface area contributed by atoms with Crippen LogP contribution in [-0.2, 0) is 14.3 Å². The van der Waals surface area contributed by atoms with Gasteiger partial charge >= 0.3 is 0 Å². The van der Waals surface area contributed by atoms with Gasteiger partial charge in [0.25, 0.3) is 0 Å². The van der Waals surface area contributed by atoms with E-state index in [1.165, 1.54) is 21.1 Å². The molecule has 0 aliphatic carbocycles. The highest BCUT2D eigenvalue weighted by Crippen LogP contribution is 1.97. The number of carbonyl (C=O) groups excluding carboxylic acids is 1. The first-order chi connectivity index (χ1) is 5.11. The second-order valence-corrected chi connectivity index (χ2v) is 2.33. The van der Waals surface area contributed by atoms with E-state index in [0.29, 0.717) is 0 Å². The molecule has 4 nitrogen and oxygen atoms in total. The minimum absolute atomic E-state index is 0.0865. The fourth-order valence-electron chi connectivity index (χ4n) is 0.893. The molecule has 66 valence electrons. The lowest BCUT2D eigenvalue weighted by Gasteiger charge is -2.21. The third-order valence-electron chi connectivity index (χ3n) is 1.30. The normalized spacial score (nSPS) is 13.2. The van der Waals surface area contributed by atoms with Crippen LogP contribution in [0.2, 0.25) is 0 Å². The number of rotatable bonds is 4. The van der Waals surface area contributed by atoms with Crippen LogP contribution in [0.25, 0.3) is 0 Å². The monoisotopic (exact) mass is 161 g/mol. The summed E-state index contributed by atoms with van der Waals surface area (Å²) in [7, 11) is 3.07. The highest BCUT2D eigenvalue weighted by molar-refractivity contribution is 5.73. The molecule has 11 heavy (non-hydrogen) atoms. The Balaban J connectivity index is 3.78. The molecule has 0 saturated heterocycles.